The zero-order valence-electron chi connectivity index (χ0n) is 20.4. The van der Waals surface area contributed by atoms with E-state index in [1.807, 2.05) is 24.3 Å². The third-order valence-corrected chi connectivity index (χ3v) is 6.74. The normalized spacial score (nSPS) is 18.6. The second kappa shape index (κ2) is 10.3. The number of amides is 2. The number of hydrogen-bond acceptors (Lipinski definition) is 6. The molecule has 2 aromatic carbocycles. The minimum atomic E-state index is -0.236. The van der Waals surface area contributed by atoms with E-state index in [9.17, 15) is 9.90 Å². The van der Waals surface area contributed by atoms with Crippen molar-refractivity contribution in [3.63, 3.8) is 0 Å². The first-order chi connectivity index (χ1) is 16.5. The molecule has 4 rings (SSSR count). The molecule has 1 saturated heterocycles. The van der Waals surface area contributed by atoms with Gasteiger partial charge in [0.25, 0.3) is 0 Å². The predicted molar refractivity (Wildman–Crippen MR) is 133 cm³/mol. The fourth-order valence-electron chi connectivity index (χ4n) is 4.70. The maximum absolute atomic E-state index is 12.8. The fraction of sp³-hybridized carbons (Fsp3) is 0.462. The van der Waals surface area contributed by atoms with Gasteiger partial charge in [0.1, 0.15) is 0 Å². The van der Waals surface area contributed by atoms with Crippen molar-refractivity contribution in [1.82, 2.24) is 10.3 Å². The highest BCUT2D eigenvalue weighted by molar-refractivity contribution is 6.14. The Morgan fingerprint density at radius 3 is 2.35 bits per heavy atom. The molecule has 2 aromatic rings. The van der Waals surface area contributed by atoms with E-state index in [2.05, 4.69) is 29.3 Å². The van der Waals surface area contributed by atoms with E-state index in [1.54, 1.807) is 26.3 Å². The molecular weight excluding hydrogens is 432 g/mol. The summed E-state index contributed by atoms with van der Waals surface area (Å²) < 4.78 is 11.1. The number of anilines is 1. The van der Waals surface area contributed by atoms with Gasteiger partial charge >= 0.3 is 6.03 Å². The second-order valence-corrected chi connectivity index (χ2v) is 8.74. The van der Waals surface area contributed by atoms with E-state index in [4.69, 9.17) is 14.6 Å². The minimum Gasteiger partial charge on any atom is -0.493 e. The molecule has 0 spiro atoms. The number of benzene rings is 2. The van der Waals surface area contributed by atoms with Gasteiger partial charge in [0.2, 0.25) is 0 Å². The summed E-state index contributed by atoms with van der Waals surface area (Å²) in [6.45, 7) is 3.74. The van der Waals surface area contributed by atoms with Gasteiger partial charge in [0.05, 0.1) is 32.1 Å². The van der Waals surface area contributed by atoms with Gasteiger partial charge in [-0.1, -0.05) is 19.1 Å². The SMILES string of the molecule is CCC1Cc2cc(OC)c(OC)cc2C(c2ccc(N3CCC(O)CC3)cc2)=NN1C(=O)NC. The Morgan fingerprint density at radius 1 is 1.12 bits per heavy atom. The maximum atomic E-state index is 12.8. The average Bonchev–Trinajstić information content (AvgIpc) is 3.04. The van der Waals surface area contributed by atoms with Crippen LogP contribution >= 0.6 is 0 Å². The van der Waals surface area contributed by atoms with Crippen LogP contribution in [0.1, 0.15) is 42.9 Å². The second-order valence-electron chi connectivity index (χ2n) is 8.74. The molecule has 8 heteroatoms. The van der Waals surface area contributed by atoms with E-state index in [0.29, 0.717) is 17.9 Å². The van der Waals surface area contributed by atoms with Crippen LogP contribution in [0.25, 0.3) is 0 Å². The van der Waals surface area contributed by atoms with Crippen LogP contribution in [0.4, 0.5) is 10.5 Å². The van der Waals surface area contributed by atoms with E-state index in [0.717, 1.165) is 60.4 Å². The van der Waals surface area contributed by atoms with Crippen molar-refractivity contribution in [1.29, 1.82) is 0 Å². The van der Waals surface area contributed by atoms with Crippen LogP contribution in [0.15, 0.2) is 41.5 Å². The lowest BCUT2D eigenvalue weighted by atomic mass is 9.93. The van der Waals surface area contributed by atoms with Gasteiger partial charge in [-0.2, -0.15) is 5.10 Å². The molecular formula is C26H34N4O4. The number of urea groups is 1. The largest absolute Gasteiger partial charge is 0.493 e. The van der Waals surface area contributed by atoms with Gasteiger partial charge in [-0.15, -0.1) is 0 Å². The zero-order valence-corrected chi connectivity index (χ0v) is 20.4. The van der Waals surface area contributed by atoms with Crippen molar-refractivity contribution in [2.75, 3.05) is 39.3 Å². The third-order valence-electron chi connectivity index (χ3n) is 6.74. The lowest BCUT2D eigenvalue weighted by molar-refractivity contribution is 0.145. The molecule has 0 radical (unpaired) electrons. The van der Waals surface area contributed by atoms with Crippen LogP contribution in [0, 0.1) is 0 Å². The highest BCUT2D eigenvalue weighted by Crippen LogP contribution is 2.35. The third kappa shape index (κ3) is 4.68. The summed E-state index contributed by atoms with van der Waals surface area (Å²) in [4.78, 5) is 15.1. The van der Waals surface area contributed by atoms with Crippen LogP contribution < -0.4 is 19.7 Å². The molecule has 2 heterocycles. The molecule has 1 atom stereocenters. The van der Waals surface area contributed by atoms with E-state index < -0.39 is 0 Å². The molecule has 1 unspecified atom stereocenters. The fourth-order valence-corrected chi connectivity index (χ4v) is 4.70. The molecule has 2 amide bonds. The quantitative estimate of drug-likeness (QED) is 0.706. The number of nitrogens with zero attached hydrogens (tertiary/aromatic N) is 3. The lowest BCUT2D eigenvalue weighted by Gasteiger charge is -2.31. The zero-order chi connectivity index (χ0) is 24.2. The molecule has 0 bridgehead atoms. The van der Waals surface area contributed by atoms with Crippen LogP contribution in [-0.4, -0.2) is 68.4 Å². The molecule has 0 aromatic heterocycles. The van der Waals surface area contributed by atoms with E-state index >= 15 is 0 Å². The Morgan fingerprint density at radius 2 is 1.76 bits per heavy atom. The van der Waals surface area contributed by atoms with Crippen molar-refractivity contribution in [2.24, 2.45) is 5.10 Å². The van der Waals surface area contributed by atoms with Crippen molar-refractivity contribution >= 4 is 17.4 Å². The topological polar surface area (TPSA) is 86.6 Å². The summed E-state index contributed by atoms with van der Waals surface area (Å²) in [7, 11) is 4.87. The number of hydrazone groups is 1. The van der Waals surface area contributed by atoms with Gasteiger partial charge in [-0.05, 0) is 55.5 Å². The average molecular weight is 467 g/mol. The summed E-state index contributed by atoms with van der Waals surface area (Å²) in [5.41, 5.74) is 4.74. The van der Waals surface area contributed by atoms with Crippen molar-refractivity contribution in [2.45, 2.75) is 44.8 Å². The molecule has 1 fully saturated rings. The molecule has 2 N–H and O–H groups in total. The molecule has 0 saturated carbocycles. The van der Waals surface area contributed by atoms with Crippen molar-refractivity contribution < 1.29 is 19.4 Å². The minimum absolute atomic E-state index is 0.0895. The maximum Gasteiger partial charge on any atom is 0.337 e. The van der Waals surface area contributed by atoms with E-state index in [1.165, 1.54) is 0 Å². The number of ether oxygens (including phenoxy) is 2. The summed E-state index contributed by atoms with van der Waals surface area (Å²) in [6.07, 6.45) is 2.77. The van der Waals surface area contributed by atoms with Crippen LogP contribution in [-0.2, 0) is 6.42 Å². The van der Waals surface area contributed by atoms with Crippen molar-refractivity contribution in [3.8, 4) is 11.5 Å². The Bertz CT molecular complexity index is 1050. The Balaban J connectivity index is 1.79. The number of carbonyl (C=O) groups is 1. The smallest absolute Gasteiger partial charge is 0.337 e. The number of carbonyl (C=O) groups excluding carboxylic acids is 1. The Kier molecular flexibility index (Phi) is 7.26. The van der Waals surface area contributed by atoms with Gasteiger partial charge in [0.15, 0.2) is 11.5 Å². The summed E-state index contributed by atoms with van der Waals surface area (Å²) >= 11 is 0. The van der Waals surface area contributed by atoms with Gasteiger partial charge in [0, 0.05) is 37.0 Å². The molecule has 0 aliphatic carbocycles. The van der Waals surface area contributed by atoms with Crippen LogP contribution in [0.5, 0.6) is 11.5 Å². The standard InChI is InChI=1S/C26H34N4O4/c1-5-19-14-18-15-23(33-3)24(34-4)16-22(18)25(28-30(19)26(32)27-2)17-6-8-20(9-7-17)29-12-10-21(31)11-13-29/h6-9,15-16,19,21,31H,5,10-14H2,1-4H3,(H,27,32). The monoisotopic (exact) mass is 466 g/mol. The highest BCUT2D eigenvalue weighted by Gasteiger charge is 2.30. The number of methoxy groups -OCH3 is 2. The number of rotatable bonds is 5. The first kappa shape index (κ1) is 23.9. The van der Waals surface area contributed by atoms with E-state index in [-0.39, 0.29) is 18.2 Å². The molecule has 8 nitrogen and oxygen atoms in total. The lowest BCUT2D eigenvalue weighted by Crippen LogP contribution is -2.42. The summed E-state index contributed by atoms with van der Waals surface area (Å²) in [5, 5.41) is 19.0. The molecule has 34 heavy (non-hydrogen) atoms. The number of nitrogens with one attached hydrogen (secondary N) is 1. The van der Waals surface area contributed by atoms with Crippen LogP contribution in [0.3, 0.4) is 0 Å². The van der Waals surface area contributed by atoms with Crippen LogP contribution in [0.2, 0.25) is 0 Å². The first-order valence-electron chi connectivity index (χ1n) is 11.9. The number of aliphatic hydroxyl groups excluding tert-OH is 1. The highest BCUT2D eigenvalue weighted by atomic mass is 16.5. The Hall–Kier alpha value is -3.26. The summed E-state index contributed by atoms with van der Waals surface area (Å²) in [6, 6.07) is 11.9. The molecule has 2 aliphatic rings. The van der Waals surface area contributed by atoms with Gasteiger partial charge in [-0.3, -0.25) is 0 Å². The molecule has 182 valence electrons. The molecule has 2 aliphatic heterocycles. The van der Waals surface area contributed by atoms with Gasteiger partial charge < -0.3 is 24.8 Å². The number of aliphatic hydroxyl groups is 1. The van der Waals surface area contributed by atoms with Gasteiger partial charge in [-0.25, -0.2) is 9.80 Å². The van der Waals surface area contributed by atoms with Crippen molar-refractivity contribution in [3.05, 3.63) is 53.1 Å². The summed E-state index contributed by atoms with van der Waals surface area (Å²) in [5.74, 6) is 1.28. The predicted octanol–water partition coefficient (Wildman–Crippen LogP) is 3.39. The first-order valence-corrected chi connectivity index (χ1v) is 11.9. The Labute approximate surface area is 201 Å². The number of piperidine rings is 1. The number of fused-ring (bicyclic) bond motifs is 1. The number of hydrogen-bond donors (Lipinski definition) is 2.